The number of aromatic nitrogens is 1. The summed E-state index contributed by atoms with van der Waals surface area (Å²) in [5.74, 6) is 0.912. The third kappa shape index (κ3) is 2.50. The van der Waals surface area contributed by atoms with E-state index in [1.54, 1.807) is 7.11 Å². The summed E-state index contributed by atoms with van der Waals surface area (Å²) >= 11 is 6.21. The second kappa shape index (κ2) is 5.91. The Hall–Kier alpha value is -1.97. The van der Waals surface area contributed by atoms with Crippen LogP contribution in [0.3, 0.4) is 0 Å². The van der Waals surface area contributed by atoms with Crippen molar-refractivity contribution in [2.75, 3.05) is 13.7 Å². The van der Waals surface area contributed by atoms with Gasteiger partial charge in [-0.25, -0.2) is 0 Å². The monoisotopic (exact) mass is 326 g/mol. The highest BCUT2D eigenvalue weighted by Crippen LogP contribution is 2.37. The van der Waals surface area contributed by atoms with E-state index in [2.05, 4.69) is 34.6 Å². The zero-order valence-electron chi connectivity index (χ0n) is 13.0. The summed E-state index contributed by atoms with van der Waals surface area (Å²) in [4.78, 5) is 3.61. The van der Waals surface area contributed by atoms with Gasteiger partial charge >= 0.3 is 0 Å². The number of halogens is 1. The summed E-state index contributed by atoms with van der Waals surface area (Å²) in [5.41, 5.74) is 4.89. The van der Waals surface area contributed by atoms with Gasteiger partial charge in [0.15, 0.2) is 0 Å². The summed E-state index contributed by atoms with van der Waals surface area (Å²) in [6, 6.07) is 14.4. The van der Waals surface area contributed by atoms with Crippen LogP contribution in [-0.4, -0.2) is 18.6 Å². The molecule has 2 N–H and O–H groups in total. The van der Waals surface area contributed by atoms with Gasteiger partial charge in [-0.1, -0.05) is 29.8 Å². The lowest BCUT2D eigenvalue weighted by atomic mass is 9.98. The second-order valence-electron chi connectivity index (χ2n) is 5.94. The van der Waals surface area contributed by atoms with Crippen LogP contribution in [0.15, 0.2) is 42.5 Å². The zero-order valence-corrected chi connectivity index (χ0v) is 13.8. The minimum atomic E-state index is 0.106. The van der Waals surface area contributed by atoms with E-state index < -0.39 is 0 Å². The van der Waals surface area contributed by atoms with Crippen LogP contribution in [0.25, 0.3) is 10.9 Å². The fourth-order valence-corrected chi connectivity index (χ4v) is 3.71. The third-order valence-corrected chi connectivity index (χ3v) is 4.83. The maximum Gasteiger partial charge on any atom is 0.124 e. The topological polar surface area (TPSA) is 37.0 Å². The zero-order chi connectivity index (χ0) is 15.8. The van der Waals surface area contributed by atoms with Crippen molar-refractivity contribution in [1.82, 2.24) is 10.3 Å². The average Bonchev–Trinajstić information content (AvgIpc) is 2.79. The molecule has 0 saturated heterocycles. The van der Waals surface area contributed by atoms with Crippen molar-refractivity contribution in [2.24, 2.45) is 0 Å². The normalized spacial score (nSPS) is 17.7. The van der Waals surface area contributed by atoms with Crippen LogP contribution < -0.4 is 10.1 Å². The Bertz CT molecular complexity index is 856. The number of rotatable bonds is 2. The molecule has 1 aliphatic rings. The maximum atomic E-state index is 6.21. The fourth-order valence-electron chi connectivity index (χ4n) is 3.54. The number of methoxy groups -OCH3 is 1. The van der Waals surface area contributed by atoms with Crippen molar-refractivity contribution in [3.63, 3.8) is 0 Å². The SMILES string of the molecule is COc1ccccc1C1NCCCc2c1[nH]c1ccc(Cl)cc21. The maximum absolute atomic E-state index is 6.21. The van der Waals surface area contributed by atoms with Gasteiger partial charge in [-0.15, -0.1) is 0 Å². The van der Waals surface area contributed by atoms with E-state index in [4.69, 9.17) is 16.3 Å². The smallest absolute Gasteiger partial charge is 0.124 e. The molecule has 1 unspecified atom stereocenters. The Kier molecular flexibility index (Phi) is 3.76. The highest BCUT2D eigenvalue weighted by molar-refractivity contribution is 6.31. The van der Waals surface area contributed by atoms with Gasteiger partial charge in [-0.3, -0.25) is 0 Å². The average molecular weight is 327 g/mol. The van der Waals surface area contributed by atoms with E-state index in [1.165, 1.54) is 16.6 Å². The first-order valence-corrected chi connectivity index (χ1v) is 8.32. The van der Waals surface area contributed by atoms with E-state index in [-0.39, 0.29) is 6.04 Å². The van der Waals surface area contributed by atoms with E-state index >= 15 is 0 Å². The molecule has 0 fully saturated rings. The number of hydrogen-bond donors (Lipinski definition) is 2. The van der Waals surface area contributed by atoms with Crippen LogP contribution >= 0.6 is 11.6 Å². The number of ether oxygens (including phenoxy) is 1. The minimum absolute atomic E-state index is 0.106. The standard InChI is InChI=1S/C19H19ClN2O/c1-23-17-7-3-2-5-14(17)18-19-13(6-4-10-21-18)15-11-12(20)8-9-16(15)22-19/h2-3,5,7-9,11,18,21-22H,4,6,10H2,1H3. The van der Waals surface area contributed by atoms with Gasteiger partial charge in [0.05, 0.1) is 13.2 Å². The molecule has 4 heteroatoms. The first-order valence-electron chi connectivity index (χ1n) is 7.94. The largest absolute Gasteiger partial charge is 0.496 e. The Morgan fingerprint density at radius 2 is 2.04 bits per heavy atom. The van der Waals surface area contributed by atoms with Gasteiger partial charge in [0.25, 0.3) is 0 Å². The number of fused-ring (bicyclic) bond motifs is 3. The molecule has 3 nitrogen and oxygen atoms in total. The molecule has 0 spiro atoms. The lowest BCUT2D eigenvalue weighted by Crippen LogP contribution is -2.23. The van der Waals surface area contributed by atoms with Crippen molar-refractivity contribution in [1.29, 1.82) is 0 Å². The van der Waals surface area contributed by atoms with E-state index in [1.807, 2.05) is 18.2 Å². The Balaban J connectivity index is 1.92. The lowest BCUT2D eigenvalue weighted by molar-refractivity contribution is 0.404. The van der Waals surface area contributed by atoms with Gasteiger partial charge < -0.3 is 15.0 Å². The van der Waals surface area contributed by atoms with Crippen molar-refractivity contribution in [3.05, 3.63) is 64.3 Å². The first kappa shape index (κ1) is 14.6. The molecule has 0 radical (unpaired) electrons. The summed E-state index contributed by atoms with van der Waals surface area (Å²) < 4.78 is 5.57. The summed E-state index contributed by atoms with van der Waals surface area (Å²) in [5, 5.41) is 5.68. The molecule has 118 valence electrons. The number of aryl methyl sites for hydroxylation is 1. The van der Waals surface area contributed by atoms with Crippen LogP contribution in [0, 0.1) is 0 Å². The molecule has 0 saturated carbocycles. The van der Waals surface area contributed by atoms with Gasteiger partial charge in [0, 0.05) is 27.2 Å². The molecular weight excluding hydrogens is 308 g/mol. The molecular formula is C19H19ClN2O. The molecule has 1 aromatic heterocycles. The Morgan fingerprint density at radius 3 is 2.91 bits per heavy atom. The second-order valence-corrected chi connectivity index (χ2v) is 6.38. The predicted molar refractivity (Wildman–Crippen MR) is 94.5 cm³/mol. The third-order valence-electron chi connectivity index (χ3n) is 4.59. The number of aromatic amines is 1. The molecule has 0 bridgehead atoms. The molecule has 23 heavy (non-hydrogen) atoms. The molecule has 1 aliphatic heterocycles. The van der Waals surface area contributed by atoms with Crippen LogP contribution in [0.4, 0.5) is 0 Å². The summed E-state index contributed by atoms with van der Waals surface area (Å²) in [6.07, 6.45) is 2.16. The number of benzene rings is 2. The van der Waals surface area contributed by atoms with E-state index in [9.17, 15) is 0 Å². The molecule has 0 aliphatic carbocycles. The summed E-state index contributed by atoms with van der Waals surface area (Å²) in [6.45, 7) is 0.979. The number of hydrogen-bond acceptors (Lipinski definition) is 2. The first-order chi connectivity index (χ1) is 11.3. The summed E-state index contributed by atoms with van der Waals surface area (Å²) in [7, 11) is 1.72. The molecule has 4 rings (SSSR count). The van der Waals surface area contributed by atoms with E-state index in [0.717, 1.165) is 41.2 Å². The van der Waals surface area contributed by atoms with Crippen LogP contribution in [0.5, 0.6) is 5.75 Å². The van der Waals surface area contributed by atoms with Gasteiger partial charge in [0.1, 0.15) is 5.75 Å². The van der Waals surface area contributed by atoms with Crippen molar-refractivity contribution >= 4 is 22.5 Å². The van der Waals surface area contributed by atoms with Crippen molar-refractivity contribution < 1.29 is 4.74 Å². The molecule has 2 heterocycles. The highest BCUT2D eigenvalue weighted by Gasteiger charge is 2.25. The van der Waals surface area contributed by atoms with Crippen LogP contribution in [0.1, 0.15) is 29.3 Å². The Morgan fingerprint density at radius 1 is 1.17 bits per heavy atom. The molecule has 3 aromatic rings. The molecule has 1 atom stereocenters. The van der Waals surface area contributed by atoms with Gasteiger partial charge in [-0.2, -0.15) is 0 Å². The molecule has 0 amide bonds. The fraction of sp³-hybridized carbons (Fsp3) is 0.263. The number of para-hydroxylation sites is 1. The van der Waals surface area contributed by atoms with Crippen LogP contribution in [0.2, 0.25) is 5.02 Å². The van der Waals surface area contributed by atoms with E-state index in [0.29, 0.717) is 0 Å². The number of nitrogens with one attached hydrogen (secondary N) is 2. The van der Waals surface area contributed by atoms with Crippen molar-refractivity contribution in [3.8, 4) is 5.75 Å². The van der Waals surface area contributed by atoms with Crippen molar-refractivity contribution in [2.45, 2.75) is 18.9 Å². The van der Waals surface area contributed by atoms with Gasteiger partial charge in [-0.05, 0) is 49.2 Å². The quantitative estimate of drug-likeness (QED) is 0.729. The highest BCUT2D eigenvalue weighted by atomic mass is 35.5. The van der Waals surface area contributed by atoms with Crippen LogP contribution in [-0.2, 0) is 6.42 Å². The van der Waals surface area contributed by atoms with Gasteiger partial charge in [0.2, 0.25) is 0 Å². The number of H-pyrrole nitrogens is 1. The lowest BCUT2D eigenvalue weighted by Gasteiger charge is -2.19. The minimum Gasteiger partial charge on any atom is -0.496 e. The molecule has 2 aromatic carbocycles. The Labute approximate surface area is 140 Å². The predicted octanol–water partition coefficient (Wildman–Crippen LogP) is 4.46.